The molecular weight excluding hydrogens is 142 g/mol. The Hall–Kier alpha value is -0.830. The minimum Gasteiger partial charge on any atom is -0.395 e. The molecule has 11 heavy (non-hydrogen) atoms. The van der Waals surface area contributed by atoms with Crippen LogP contribution in [0.25, 0.3) is 0 Å². The lowest BCUT2D eigenvalue weighted by molar-refractivity contribution is -0.129. The number of hydrogen-bond acceptors (Lipinski definition) is 2. The molecule has 0 aromatic carbocycles. The Morgan fingerprint density at radius 1 is 1.82 bits per heavy atom. The molecule has 1 saturated heterocycles. The summed E-state index contributed by atoms with van der Waals surface area (Å²) in [6, 6.07) is 0. The third kappa shape index (κ3) is 1.28. The summed E-state index contributed by atoms with van der Waals surface area (Å²) in [4.78, 5) is 11.2. The van der Waals surface area contributed by atoms with Gasteiger partial charge >= 0.3 is 0 Å². The number of nitrogens with one attached hydrogen (secondary N) is 1. The number of rotatable bonds is 3. The molecular formula is C8H13NO2. The van der Waals surface area contributed by atoms with Crippen molar-refractivity contribution in [2.75, 3.05) is 13.2 Å². The molecule has 1 aliphatic rings. The smallest absolute Gasteiger partial charge is 0.228 e. The molecule has 0 aromatic rings. The molecule has 1 fully saturated rings. The number of aliphatic hydroxyl groups excluding tert-OH is 1. The van der Waals surface area contributed by atoms with Crippen LogP contribution in [0.3, 0.4) is 0 Å². The van der Waals surface area contributed by atoms with E-state index in [-0.39, 0.29) is 12.5 Å². The number of carbonyl (C=O) groups excluding carboxylic acids is 1. The number of amides is 1. The maximum Gasteiger partial charge on any atom is 0.228 e. The third-order valence-electron chi connectivity index (χ3n) is 2.21. The van der Waals surface area contributed by atoms with Gasteiger partial charge in [-0.25, -0.2) is 0 Å². The van der Waals surface area contributed by atoms with Crippen molar-refractivity contribution in [3.05, 3.63) is 12.7 Å². The Bertz CT molecular complexity index is 179. The molecule has 62 valence electrons. The van der Waals surface area contributed by atoms with E-state index < -0.39 is 5.41 Å². The normalized spacial score (nSPS) is 30.1. The van der Waals surface area contributed by atoms with Gasteiger partial charge in [0.2, 0.25) is 5.91 Å². The fourth-order valence-electron chi connectivity index (χ4n) is 1.40. The van der Waals surface area contributed by atoms with E-state index in [0.29, 0.717) is 19.4 Å². The van der Waals surface area contributed by atoms with E-state index in [2.05, 4.69) is 11.9 Å². The van der Waals surface area contributed by atoms with Gasteiger partial charge in [0.05, 0.1) is 12.0 Å². The predicted molar refractivity (Wildman–Crippen MR) is 42.0 cm³/mol. The van der Waals surface area contributed by atoms with Crippen molar-refractivity contribution in [3.8, 4) is 0 Å². The van der Waals surface area contributed by atoms with Gasteiger partial charge in [0.25, 0.3) is 0 Å². The van der Waals surface area contributed by atoms with Crippen LogP contribution in [0, 0.1) is 5.41 Å². The third-order valence-corrected chi connectivity index (χ3v) is 2.21. The van der Waals surface area contributed by atoms with Crippen LogP contribution in [-0.2, 0) is 4.79 Å². The van der Waals surface area contributed by atoms with Crippen molar-refractivity contribution in [3.63, 3.8) is 0 Å². The van der Waals surface area contributed by atoms with Crippen LogP contribution < -0.4 is 5.32 Å². The minimum atomic E-state index is -0.568. The second-order valence-electron chi connectivity index (χ2n) is 2.94. The summed E-state index contributed by atoms with van der Waals surface area (Å²) in [7, 11) is 0. The second-order valence-corrected chi connectivity index (χ2v) is 2.94. The van der Waals surface area contributed by atoms with Crippen LogP contribution in [0.5, 0.6) is 0 Å². The molecule has 2 N–H and O–H groups in total. The zero-order chi connectivity index (χ0) is 8.32. The zero-order valence-electron chi connectivity index (χ0n) is 6.47. The van der Waals surface area contributed by atoms with Gasteiger partial charge in [0, 0.05) is 6.54 Å². The summed E-state index contributed by atoms with van der Waals surface area (Å²) < 4.78 is 0. The molecule has 1 rings (SSSR count). The number of allylic oxidation sites excluding steroid dienone is 1. The van der Waals surface area contributed by atoms with Gasteiger partial charge < -0.3 is 10.4 Å². The molecule has 1 atom stereocenters. The highest BCUT2D eigenvalue weighted by atomic mass is 16.3. The van der Waals surface area contributed by atoms with E-state index in [0.717, 1.165) is 0 Å². The summed E-state index contributed by atoms with van der Waals surface area (Å²) in [5.74, 6) is -0.0418. The van der Waals surface area contributed by atoms with Crippen LogP contribution in [-0.4, -0.2) is 24.2 Å². The van der Waals surface area contributed by atoms with E-state index in [1.165, 1.54) is 0 Å². The first kappa shape index (κ1) is 8.27. The highest BCUT2D eigenvalue weighted by Crippen LogP contribution is 2.30. The van der Waals surface area contributed by atoms with E-state index >= 15 is 0 Å². The van der Waals surface area contributed by atoms with Crippen molar-refractivity contribution in [1.29, 1.82) is 0 Å². The number of aliphatic hydroxyl groups is 1. The zero-order valence-corrected chi connectivity index (χ0v) is 6.47. The van der Waals surface area contributed by atoms with Crippen LogP contribution in [0.2, 0.25) is 0 Å². The Morgan fingerprint density at radius 3 is 2.91 bits per heavy atom. The van der Waals surface area contributed by atoms with Crippen molar-refractivity contribution < 1.29 is 9.90 Å². The van der Waals surface area contributed by atoms with E-state index in [1.807, 2.05) is 0 Å². The van der Waals surface area contributed by atoms with Crippen molar-refractivity contribution in [2.45, 2.75) is 12.8 Å². The summed E-state index contributed by atoms with van der Waals surface area (Å²) in [5.41, 5.74) is -0.568. The molecule has 0 unspecified atom stereocenters. The maximum absolute atomic E-state index is 11.2. The summed E-state index contributed by atoms with van der Waals surface area (Å²) in [6.07, 6.45) is 2.96. The first-order valence-electron chi connectivity index (χ1n) is 3.75. The maximum atomic E-state index is 11.2. The number of hydrogen-bond donors (Lipinski definition) is 2. The Kier molecular flexibility index (Phi) is 2.29. The largest absolute Gasteiger partial charge is 0.395 e. The molecule has 1 amide bonds. The molecule has 0 radical (unpaired) electrons. The monoisotopic (exact) mass is 155 g/mol. The van der Waals surface area contributed by atoms with Gasteiger partial charge in [0.1, 0.15) is 0 Å². The molecule has 1 heterocycles. The van der Waals surface area contributed by atoms with Gasteiger partial charge in [-0.1, -0.05) is 6.08 Å². The lowest BCUT2D eigenvalue weighted by Crippen LogP contribution is -2.34. The quantitative estimate of drug-likeness (QED) is 0.566. The molecule has 0 spiro atoms. The van der Waals surface area contributed by atoms with Crippen LogP contribution in [0.4, 0.5) is 0 Å². The summed E-state index contributed by atoms with van der Waals surface area (Å²) >= 11 is 0. The Morgan fingerprint density at radius 2 is 2.55 bits per heavy atom. The molecule has 3 heteroatoms. The first-order chi connectivity index (χ1) is 5.25. The van der Waals surface area contributed by atoms with Crippen LogP contribution >= 0.6 is 0 Å². The van der Waals surface area contributed by atoms with Crippen molar-refractivity contribution in [1.82, 2.24) is 5.32 Å². The van der Waals surface area contributed by atoms with Crippen LogP contribution in [0.1, 0.15) is 12.8 Å². The molecule has 3 nitrogen and oxygen atoms in total. The molecule has 0 aliphatic carbocycles. The van der Waals surface area contributed by atoms with Gasteiger partial charge in [-0.15, -0.1) is 6.58 Å². The Labute approximate surface area is 66.1 Å². The van der Waals surface area contributed by atoms with E-state index in [4.69, 9.17) is 5.11 Å². The van der Waals surface area contributed by atoms with Crippen molar-refractivity contribution >= 4 is 5.91 Å². The van der Waals surface area contributed by atoms with E-state index in [9.17, 15) is 4.79 Å². The van der Waals surface area contributed by atoms with Crippen LogP contribution in [0.15, 0.2) is 12.7 Å². The summed E-state index contributed by atoms with van der Waals surface area (Å²) in [5, 5.41) is 11.7. The molecule has 0 saturated carbocycles. The highest BCUT2D eigenvalue weighted by Gasteiger charge is 2.40. The highest BCUT2D eigenvalue weighted by molar-refractivity contribution is 5.84. The van der Waals surface area contributed by atoms with Gasteiger partial charge in [-0.05, 0) is 12.8 Å². The SMILES string of the molecule is C=CC[C@]1(CO)CCNC1=O. The first-order valence-corrected chi connectivity index (χ1v) is 3.75. The number of carbonyl (C=O) groups is 1. The summed E-state index contributed by atoms with van der Waals surface area (Å²) in [6.45, 7) is 4.16. The molecule has 0 bridgehead atoms. The lowest BCUT2D eigenvalue weighted by atomic mass is 9.84. The van der Waals surface area contributed by atoms with E-state index in [1.54, 1.807) is 6.08 Å². The fraction of sp³-hybridized carbons (Fsp3) is 0.625. The van der Waals surface area contributed by atoms with Gasteiger partial charge in [-0.2, -0.15) is 0 Å². The van der Waals surface area contributed by atoms with Crippen molar-refractivity contribution in [2.24, 2.45) is 5.41 Å². The molecule has 1 aliphatic heterocycles. The Balaban J connectivity index is 2.72. The standard InChI is InChI=1S/C8H13NO2/c1-2-3-8(6-10)4-5-9-7(8)11/h2,10H,1,3-6H2,(H,9,11)/t8-/m1/s1. The lowest BCUT2D eigenvalue weighted by Gasteiger charge is -2.20. The minimum absolute atomic E-state index is 0.0418. The predicted octanol–water partition coefficient (Wildman–Crippen LogP) is 0.0611. The molecule has 0 aromatic heterocycles. The fourth-order valence-corrected chi connectivity index (χ4v) is 1.40. The topological polar surface area (TPSA) is 49.3 Å². The average Bonchev–Trinajstić information content (AvgIpc) is 2.35. The average molecular weight is 155 g/mol. The van der Waals surface area contributed by atoms with Gasteiger partial charge in [-0.3, -0.25) is 4.79 Å². The second kappa shape index (κ2) is 3.05. The van der Waals surface area contributed by atoms with Gasteiger partial charge in [0.15, 0.2) is 0 Å².